The predicted molar refractivity (Wildman–Crippen MR) is 77.2 cm³/mol. The Kier molecular flexibility index (Phi) is 4.50. The molecule has 1 aliphatic rings. The van der Waals surface area contributed by atoms with Crippen LogP contribution in [0.2, 0.25) is 5.02 Å². The average molecular weight is 303 g/mol. The van der Waals surface area contributed by atoms with E-state index in [-0.39, 0.29) is 12.1 Å². The third-order valence-corrected chi connectivity index (χ3v) is 4.59. The molecule has 0 amide bonds. The van der Waals surface area contributed by atoms with Crippen LogP contribution in [0.4, 0.5) is 0 Å². The van der Waals surface area contributed by atoms with E-state index in [1.165, 1.54) is 0 Å². The minimum absolute atomic E-state index is 0.123. The van der Waals surface area contributed by atoms with E-state index in [0.29, 0.717) is 10.9 Å². The maximum atomic E-state index is 12.0. The van der Waals surface area contributed by atoms with Gasteiger partial charge in [-0.3, -0.25) is 0 Å². The minimum Gasteiger partial charge on any atom is -0.200 e. The summed E-state index contributed by atoms with van der Waals surface area (Å²) in [6, 6.07) is 7.04. The highest BCUT2D eigenvalue weighted by molar-refractivity contribution is 7.87. The van der Waals surface area contributed by atoms with Gasteiger partial charge in [0.1, 0.15) is 0 Å². The molecule has 6 heteroatoms. The summed E-state index contributed by atoms with van der Waals surface area (Å²) in [7, 11) is -3.48. The normalized spacial score (nSPS) is 17.7. The Labute approximate surface area is 119 Å². The molecule has 106 valence electrons. The Morgan fingerprint density at radius 2 is 1.74 bits per heavy atom. The van der Waals surface area contributed by atoms with Crippen molar-refractivity contribution in [3.8, 4) is 0 Å². The molecule has 1 fully saturated rings. The van der Waals surface area contributed by atoms with Crippen LogP contribution in [0.5, 0.6) is 0 Å². The summed E-state index contributed by atoms with van der Waals surface area (Å²) in [6.07, 6.45) is 2.11. The van der Waals surface area contributed by atoms with Gasteiger partial charge in [-0.05, 0) is 50.3 Å². The molecule has 4 nitrogen and oxygen atoms in total. The van der Waals surface area contributed by atoms with Crippen molar-refractivity contribution in [2.75, 3.05) is 0 Å². The van der Waals surface area contributed by atoms with E-state index in [1.54, 1.807) is 26.0 Å². The van der Waals surface area contributed by atoms with Crippen LogP contribution in [0, 0.1) is 5.92 Å². The molecule has 1 aliphatic carbocycles. The average Bonchev–Trinajstić information content (AvgIpc) is 3.09. The summed E-state index contributed by atoms with van der Waals surface area (Å²) in [5, 5.41) is 0.654. The van der Waals surface area contributed by atoms with Gasteiger partial charge in [0.05, 0.1) is 6.04 Å². The molecule has 0 saturated heterocycles. The van der Waals surface area contributed by atoms with Crippen LogP contribution < -0.4 is 9.44 Å². The molecule has 0 radical (unpaired) electrons. The van der Waals surface area contributed by atoms with Crippen LogP contribution >= 0.6 is 11.6 Å². The molecule has 1 unspecified atom stereocenters. The van der Waals surface area contributed by atoms with E-state index >= 15 is 0 Å². The van der Waals surface area contributed by atoms with Gasteiger partial charge in [0.2, 0.25) is 0 Å². The molecule has 1 aromatic carbocycles. The van der Waals surface area contributed by atoms with Gasteiger partial charge in [-0.2, -0.15) is 17.9 Å². The SMILES string of the molecule is CC(C)NS(=O)(=O)NC(c1ccc(Cl)cc1)C1CC1. The monoisotopic (exact) mass is 302 g/mol. The fourth-order valence-electron chi connectivity index (χ4n) is 2.05. The number of hydrogen-bond acceptors (Lipinski definition) is 2. The van der Waals surface area contributed by atoms with Crippen molar-refractivity contribution >= 4 is 21.8 Å². The lowest BCUT2D eigenvalue weighted by molar-refractivity contribution is 0.511. The van der Waals surface area contributed by atoms with E-state index in [2.05, 4.69) is 9.44 Å². The standard InChI is InChI=1S/C13H19ClN2O2S/c1-9(2)15-19(17,18)16-13(10-3-4-10)11-5-7-12(14)8-6-11/h5-10,13,15-16H,3-4H2,1-2H3. The third-order valence-electron chi connectivity index (χ3n) is 3.00. The molecule has 19 heavy (non-hydrogen) atoms. The van der Waals surface area contributed by atoms with Crippen molar-refractivity contribution < 1.29 is 8.42 Å². The summed E-state index contributed by atoms with van der Waals surface area (Å²) in [6.45, 7) is 3.60. The van der Waals surface area contributed by atoms with E-state index in [4.69, 9.17) is 11.6 Å². The van der Waals surface area contributed by atoms with Crippen molar-refractivity contribution in [1.29, 1.82) is 0 Å². The van der Waals surface area contributed by atoms with Crippen molar-refractivity contribution in [3.63, 3.8) is 0 Å². The number of benzene rings is 1. The summed E-state index contributed by atoms with van der Waals surface area (Å²) in [5.74, 6) is 0.380. The first-order valence-electron chi connectivity index (χ1n) is 6.42. The van der Waals surface area contributed by atoms with Gasteiger partial charge >= 0.3 is 0 Å². The lowest BCUT2D eigenvalue weighted by atomic mass is 10.0. The third kappa shape index (κ3) is 4.45. The van der Waals surface area contributed by atoms with Crippen LogP contribution in [0.25, 0.3) is 0 Å². The number of halogens is 1. The zero-order valence-electron chi connectivity index (χ0n) is 11.1. The Hall–Kier alpha value is -0.620. The zero-order valence-corrected chi connectivity index (χ0v) is 12.6. The molecular weight excluding hydrogens is 284 g/mol. The van der Waals surface area contributed by atoms with Gasteiger partial charge < -0.3 is 0 Å². The smallest absolute Gasteiger partial charge is 0.200 e. The molecule has 1 saturated carbocycles. The molecule has 2 rings (SSSR count). The van der Waals surface area contributed by atoms with Crippen molar-refractivity contribution in [3.05, 3.63) is 34.9 Å². The van der Waals surface area contributed by atoms with Crippen LogP contribution in [0.1, 0.15) is 38.3 Å². The molecule has 0 aliphatic heterocycles. The van der Waals surface area contributed by atoms with Gasteiger partial charge in [-0.25, -0.2) is 0 Å². The highest BCUT2D eigenvalue weighted by Crippen LogP contribution is 2.41. The van der Waals surface area contributed by atoms with E-state index in [0.717, 1.165) is 18.4 Å². The molecule has 0 heterocycles. The molecule has 2 N–H and O–H groups in total. The van der Waals surface area contributed by atoms with E-state index in [9.17, 15) is 8.42 Å². The topological polar surface area (TPSA) is 58.2 Å². The zero-order chi connectivity index (χ0) is 14.0. The molecule has 0 bridgehead atoms. The van der Waals surface area contributed by atoms with Gasteiger partial charge in [-0.1, -0.05) is 23.7 Å². The van der Waals surface area contributed by atoms with E-state index in [1.807, 2.05) is 12.1 Å². The van der Waals surface area contributed by atoms with E-state index < -0.39 is 10.2 Å². The fourth-order valence-corrected chi connectivity index (χ4v) is 3.53. The predicted octanol–water partition coefficient (Wildman–Crippen LogP) is 2.62. The second-order valence-corrected chi connectivity index (χ2v) is 7.18. The maximum absolute atomic E-state index is 12.0. The number of nitrogens with one attached hydrogen (secondary N) is 2. The lowest BCUT2D eigenvalue weighted by Gasteiger charge is -2.20. The second-order valence-electron chi connectivity index (χ2n) is 5.26. The fraction of sp³-hybridized carbons (Fsp3) is 0.538. The van der Waals surface area contributed by atoms with Gasteiger partial charge in [0.15, 0.2) is 0 Å². The van der Waals surface area contributed by atoms with Crippen LogP contribution in [-0.4, -0.2) is 14.5 Å². The first kappa shape index (κ1) is 14.8. The summed E-state index contributed by atoms with van der Waals surface area (Å²) in [4.78, 5) is 0. The summed E-state index contributed by atoms with van der Waals surface area (Å²) < 4.78 is 29.2. The van der Waals surface area contributed by atoms with Crippen LogP contribution in [0.15, 0.2) is 24.3 Å². The Morgan fingerprint density at radius 1 is 1.16 bits per heavy atom. The first-order valence-corrected chi connectivity index (χ1v) is 8.28. The molecule has 1 aromatic rings. The summed E-state index contributed by atoms with van der Waals surface area (Å²) >= 11 is 5.86. The summed E-state index contributed by atoms with van der Waals surface area (Å²) in [5.41, 5.74) is 0.959. The Balaban J connectivity index is 2.15. The molecule has 1 atom stereocenters. The molecular formula is C13H19ClN2O2S. The van der Waals surface area contributed by atoms with Gasteiger partial charge in [0, 0.05) is 11.1 Å². The van der Waals surface area contributed by atoms with Gasteiger partial charge in [-0.15, -0.1) is 0 Å². The minimum atomic E-state index is -3.48. The van der Waals surface area contributed by atoms with Crippen molar-refractivity contribution in [2.45, 2.75) is 38.8 Å². The largest absolute Gasteiger partial charge is 0.277 e. The maximum Gasteiger partial charge on any atom is 0.277 e. The lowest BCUT2D eigenvalue weighted by Crippen LogP contribution is -2.42. The number of rotatable bonds is 6. The Morgan fingerprint density at radius 3 is 2.21 bits per heavy atom. The van der Waals surface area contributed by atoms with Crippen LogP contribution in [0.3, 0.4) is 0 Å². The second kappa shape index (κ2) is 5.79. The van der Waals surface area contributed by atoms with Crippen LogP contribution in [-0.2, 0) is 10.2 Å². The molecule has 0 aromatic heterocycles. The highest BCUT2D eigenvalue weighted by atomic mass is 35.5. The Bertz CT molecular complexity index is 524. The number of hydrogen-bond donors (Lipinski definition) is 2. The van der Waals surface area contributed by atoms with Gasteiger partial charge in [0.25, 0.3) is 10.2 Å². The first-order chi connectivity index (χ1) is 8.87. The molecule has 0 spiro atoms. The van der Waals surface area contributed by atoms with Crippen molar-refractivity contribution in [1.82, 2.24) is 9.44 Å². The highest BCUT2D eigenvalue weighted by Gasteiger charge is 2.35. The van der Waals surface area contributed by atoms with Crippen molar-refractivity contribution in [2.24, 2.45) is 5.92 Å². The quantitative estimate of drug-likeness (QED) is 0.848.